The number of benzene rings is 2. The number of nitrogens with zero attached hydrogens (tertiary/aromatic N) is 2. The van der Waals surface area contributed by atoms with E-state index in [-0.39, 0.29) is 5.91 Å². The molecule has 2 heterocycles. The number of aromatic amines is 1. The van der Waals surface area contributed by atoms with Gasteiger partial charge < -0.3 is 5.32 Å². The van der Waals surface area contributed by atoms with Crippen LogP contribution in [-0.4, -0.2) is 21.1 Å². The SMILES string of the molecule is Cc1ccc(-c2cnc(NC(=O)Cc3ccc4cn[nH]c4c3)s2)cc1. The predicted octanol–water partition coefficient (Wildman–Crippen LogP) is 4.18. The molecule has 0 fully saturated rings. The van der Waals surface area contributed by atoms with E-state index in [1.165, 1.54) is 16.9 Å². The molecule has 0 saturated heterocycles. The number of nitrogens with one attached hydrogen (secondary N) is 2. The molecule has 0 bridgehead atoms. The van der Waals surface area contributed by atoms with Crippen molar-refractivity contribution in [1.82, 2.24) is 15.2 Å². The Morgan fingerprint density at radius 2 is 2.00 bits per heavy atom. The third-order valence-electron chi connectivity index (χ3n) is 3.96. The molecule has 1 amide bonds. The van der Waals surface area contributed by atoms with Gasteiger partial charge in [-0.15, -0.1) is 0 Å². The van der Waals surface area contributed by atoms with Gasteiger partial charge in [-0.05, 0) is 24.1 Å². The molecular weight excluding hydrogens is 332 g/mol. The lowest BCUT2D eigenvalue weighted by atomic mass is 10.1. The average Bonchev–Trinajstić information content (AvgIpc) is 3.24. The summed E-state index contributed by atoms with van der Waals surface area (Å²) in [5.41, 5.74) is 4.19. The Balaban J connectivity index is 1.44. The Hall–Kier alpha value is -2.99. The van der Waals surface area contributed by atoms with Gasteiger partial charge in [-0.25, -0.2) is 4.98 Å². The Morgan fingerprint density at radius 3 is 2.84 bits per heavy atom. The van der Waals surface area contributed by atoms with Gasteiger partial charge in [0.05, 0.1) is 23.0 Å². The second-order valence-corrected chi connectivity index (χ2v) is 6.94. The van der Waals surface area contributed by atoms with Crippen LogP contribution < -0.4 is 5.32 Å². The highest BCUT2D eigenvalue weighted by molar-refractivity contribution is 7.19. The summed E-state index contributed by atoms with van der Waals surface area (Å²) in [6.07, 6.45) is 3.86. The first-order valence-electron chi connectivity index (χ1n) is 7.92. The van der Waals surface area contributed by atoms with Crippen molar-refractivity contribution in [1.29, 1.82) is 0 Å². The summed E-state index contributed by atoms with van der Waals surface area (Å²) in [5.74, 6) is -0.0799. The summed E-state index contributed by atoms with van der Waals surface area (Å²) in [5, 5.41) is 11.4. The second kappa shape index (κ2) is 6.49. The zero-order valence-corrected chi connectivity index (χ0v) is 14.4. The molecule has 5 nitrogen and oxygen atoms in total. The van der Waals surface area contributed by atoms with Crippen LogP contribution in [-0.2, 0) is 11.2 Å². The zero-order valence-electron chi connectivity index (χ0n) is 13.6. The Labute approximate surface area is 148 Å². The minimum absolute atomic E-state index is 0.0799. The number of anilines is 1. The molecule has 0 saturated carbocycles. The molecule has 0 spiro atoms. The van der Waals surface area contributed by atoms with Crippen molar-refractivity contribution < 1.29 is 4.79 Å². The maximum atomic E-state index is 12.3. The number of amides is 1. The van der Waals surface area contributed by atoms with Gasteiger partial charge in [0.1, 0.15) is 0 Å². The predicted molar refractivity (Wildman–Crippen MR) is 101 cm³/mol. The van der Waals surface area contributed by atoms with E-state index in [0.717, 1.165) is 26.9 Å². The van der Waals surface area contributed by atoms with Gasteiger partial charge in [-0.3, -0.25) is 9.89 Å². The van der Waals surface area contributed by atoms with Crippen LogP contribution in [0.5, 0.6) is 0 Å². The van der Waals surface area contributed by atoms with Gasteiger partial charge in [0, 0.05) is 11.6 Å². The summed E-state index contributed by atoms with van der Waals surface area (Å²) in [7, 11) is 0. The van der Waals surface area contributed by atoms with Crippen LogP contribution in [0.25, 0.3) is 21.3 Å². The van der Waals surface area contributed by atoms with E-state index >= 15 is 0 Å². The molecule has 2 aromatic heterocycles. The fourth-order valence-corrected chi connectivity index (χ4v) is 3.46. The number of aryl methyl sites for hydroxylation is 1. The first kappa shape index (κ1) is 15.5. The molecule has 6 heteroatoms. The van der Waals surface area contributed by atoms with Crippen LogP contribution in [0.15, 0.2) is 54.9 Å². The van der Waals surface area contributed by atoms with E-state index in [0.29, 0.717) is 11.6 Å². The Kier molecular flexibility index (Phi) is 4.03. The van der Waals surface area contributed by atoms with E-state index in [9.17, 15) is 4.79 Å². The summed E-state index contributed by atoms with van der Waals surface area (Å²) in [6.45, 7) is 2.06. The van der Waals surface area contributed by atoms with E-state index in [1.807, 2.05) is 18.2 Å². The highest BCUT2D eigenvalue weighted by Crippen LogP contribution is 2.29. The van der Waals surface area contributed by atoms with Crippen molar-refractivity contribution in [3.05, 3.63) is 66.0 Å². The molecule has 0 unspecified atom stereocenters. The topological polar surface area (TPSA) is 70.7 Å². The van der Waals surface area contributed by atoms with Gasteiger partial charge in [0.25, 0.3) is 0 Å². The average molecular weight is 348 g/mol. The summed E-state index contributed by atoms with van der Waals surface area (Å²) >= 11 is 1.48. The molecule has 4 rings (SSSR count). The fraction of sp³-hybridized carbons (Fsp3) is 0.105. The minimum Gasteiger partial charge on any atom is -0.302 e. The number of hydrogen-bond acceptors (Lipinski definition) is 4. The zero-order chi connectivity index (χ0) is 17.2. The molecule has 2 aromatic carbocycles. The quantitative estimate of drug-likeness (QED) is 0.581. The minimum atomic E-state index is -0.0799. The maximum Gasteiger partial charge on any atom is 0.230 e. The van der Waals surface area contributed by atoms with Gasteiger partial charge in [0.15, 0.2) is 5.13 Å². The third-order valence-corrected chi connectivity index (χ3v) is 4.92. The van der Waals surface area contributed by atoms with Crippen LogP contribution in [0, 0.1) is 6.92 Å². The smallest absolute Gasteiger partial charge is 0.230 e. The van der Waals surface area contributed by atoms with Crippen molar-refractivity contribution in [2.24, 2.45) is 0 Å². The molecule has 4 aromatic rings. The van der Waals surface area contributed by atoms with Crippen LogP contribution >= 0.6 is 11.3 Å². The first-order chi connectivity index (χ1) is 12.2. The van der Waals surface area contributed by atoms with Crippen molar-refractivity contribution in [2.45, 2.75) is 13.3 Å². The van der Waals surface area contributed by atoms with Crippen LogP contribution in [0.1, 0.15) is 11.1 Å². The van der Waals surface area contributed by atoms with Crippen molar-refractivity contribution in [3.63, 3.8) is 0 Å². The monoisotopic (exact) mass is 348 g/mol. The Bertz CT molecular complexity index is 1030. The molecule has 0 aliphatic rings. The number of carbonyl (C=O) groups is 1. The second-order valence-electron chi connectivity index (χ2n) is 5.91. The lowest BCUT2D eigenvalue weighted by molar-refractivity contribution is -0.115. The first-order valence-corrected chi connectivity index (χ1v) is 8.74. The van der Waals surface area contributed by atoms with E-state index in [2.05, 4.69) is 51.7 Å². The summed E-state index contributed by atoms with van der Waals surface area (Å²) in [4.78, 5) is 17.6. The molecule has 0 aliphatic heterocycles. The van der Waals surface area contributed by atoms with Gasteiger partial charge in [0.2, 0.25) is 5.91 Å². The maximum absolute atomic E-state index is 12.3. The highest BCUT2D eigenvalue weighted by Gasteiger charge is 2.09. The molecule has 0 atom stereocenters. The molecular formula is C19H16N4OS. The van der Waals surface area contributed by atoms with Gasteiger partial charge >= 0.3 is 0 Å². The van der Waals surface area contributed by atoms with Gasteiger partial charge in [-0.2, -0.15) is 5.10 Å². The number of carbonyl (C=O) groups excluding carboxylic acids is 1. The number of hydrogen-bond donors (Lipinski definition) is 2. The molecule has 2 N–H and O–H groups in total. The fourth-order valence-electron chi connectivity index (χ4n) is 2.63. The third kappa shape index (κ3) is 3.44. The van der Waals surface area contributed by atoms with E-state index in [1.54, 1.807) is 12.4 Å². The largest absolute Gasteiger partial charge is 0.302 e. The molecule has 25 heavy (non-hydrogen) atoms. The lowest BCUT2D eigenvalue weighted by Crippen LogP contribution is -2.14. The number of fused-ring (bicyclic) bond motifs is 1. The lowest BCUT2D eigenvalue weighted by Gasteiger charge is -2.02. The number of rotatable bonds is 4. The van der Waals surface area contributed by atoms with Crippen molar-refractivity contribution in [2.75, 3.05) is 5.32 Å². The molecule has 0 aliphatic carbocycles. The number of H-pyrrole nitrogens is 1. The van der Waals surface area contributed by atoms with Crippen molar-refractivity contribution in [3.8, 4) is 10.4 Å². The molecule has 124 valence electrons. The van der Waals surface area contributed by atoms with Gasteiger partial charge in [-0.1, -0.05) is 53.3 Å². The normalized spacial score (nSPS) is 10.9. The Morgan fingerprint density at radius 1 is 1.16 bits per heavy atom. The summed E-state index contributed by atoms with van der Waals surface area (Å²) < 4.78 is 0. The van der Waals surface area contributed by atoms with Crippen LogP contribution in [0.3, 0.4) is 0 Å². The van der Waals surface area contributed by atoms with E-state index in [4.69, 9.17) is 0 Å². The van der Waals surface area contributed by atoms with Crippen LogP contribution in [0.2, 0.25) is 0 Å². The van der Waals surface area contributed by atoms with E-state index < -0.39 is 0 Å². The van der Waals surface area contributed by atoms with Crippen molar-refractivity contribution >= 4 is 33.3 Å². The number of aromatic nitrogens is 3. The highest BCUT2D eigenvalue weighted by atomic mass is 32.1. The number of thiazole rings is 1. The standard InChI is InChI=1S/C19H16N4OS/c1-12-2-5-14(6-3-12)17-11-20-19(25-17)22-18(24)9-13-4-7-15-10-21-23-16(15)8-13/h2-8,10-11H,9H2,1H3,(H,21,23)(H,20,22,24). The van der Waals surface area contributed by atoms with Crippen LogP contribution in [0.4, 0.5) is 5.13 Å². The summed E-state index contributed by atoms with van der Waals surface area (Å²) in [6, 6.07) is 14.1. The molecule has 0 radical (unpaired) electrons.